The Morgan fingerprint density at radius 2 is 1.57 bits per heavy atom. The molecule has 0 heterocycles. The van der Waals surface area contributed by atoms with Crippen LogP contribution in [0.2, 0.25) is 0 Å². The van der Waals surface area contributed by atoms with Gasteiger partial charge in [0.2, 0.25) is 21.8 Å². The quantitative estimate of drug-likeness (QED) is 0.335. The molecule has 0 aliphatic heterocycles. The van der Waals surface area contributed by atoms with E-state index in [1.54, 1.807) is 6.07 Å². The van der Waals surface area contributed by atoms with Crippen molar-refractivity contribution in [1.82, 2.24) is 10.2 Å². The highest BCUT2D eigenvalue weighted by atomic mass is 32.2. The zero-order valence-electron chi connectivity index (χ0n) is 24.8. The third-order valence-corrected chi connectivity index (χ3v) is 7.50. The van der Waals surface area contributed by atoms with Gasteiger partial charge >= 0.3 is 0 Å². The van der Waals surface area contributed by atoms with Crippen LogP contribution in [0.3, 0.4) is 0 Å². The summed E-state index contributed by atoms with van der Waals surface area (Å²) < 4.78 is 51.4. The van der Waals surface area contributed by atoms with Gasteiger partial charge in [0, 0.05) is 24.6 Å². The van der Waals surface area contributed by atoms with Gasteiger partial charge in [-0.3, -0.25) is 13.9 Å². The molecule has 3 rings (SSSR count). The van der Waals surface area contributed by atoms with Crippen molar-refractivity contribution in [3.05, 3.63) is 89.7 Å². The predicted molar refractivity (Wildman–Crippen MR) is 161 cm³/mol. The van der Waals surface area contributed by atoms with Gasteiger partial charge in [0.15, 0.2) is 0 Å². The monoisotopic (exact) mass is 599 g/mol. The Morgan fingerprint density at radius 1 is 0.929 bits per heavy atom. The van der Waals surface area contributed by atoms with Crippen molar-refractivity contribution in [2.24, 2.45) is 0 Å². The minimum absolute atomic E-state index is 0.0640. The zero-order chi connectivity index (χ0) is 31.1. The van der Waals surface area contributed by atoms with Crippen LogP contribution < -0.4 is 19.1 Å². The first kappa shape index (κ1) is 32.4. The largest absolute Gasteiger partial charge is 0.497 e. The van der Waals surface area contributed by atoms with Gasteiger partial charge in [0.05, 0.1) is 26.2 Å². The molecule has 0 aliphatic rings. The van der Waals surface area contributed by atoms with Crippen LogP contribution in [0, 0.1) is 5.82 Å². The average Bonchev–Trinajstić information content (AvgIpc) is 2.93. The lowest BCUT2D eigenvalue weighted by molar-refractivity contribution is -0.140. The maximum absolute atomic E-state index is 14.2. The minimum Gasteiger partial charge on any atom is -0.497 e. The molecule has 0 radical (unpaired) electrons. The van der Waals surface area contributed by atoms with Crippen molar-refractivity contribution < 1.29 is 31.9 Å². The number of methoxy groups -OCH3 is 2. The van der Waals surface area contributed by atoms with E-state index in [1.165, 1.54) is 55.5 Å². The number of rotatable bonds is 12. The van der Waals surface area contributed by atoms with E-state index in [9.17, 15) is 22.4 Å². The summed E-state index contributed by atoms with van der Waals surface area (Å²) in [4.78, 5) is 29.3. The first-order chi connectivity index (χ1) is 19.7. The molecule has 11 heteroatoms. The number of hydrogen-bond donors (Lipinski definition) is 1. The molecular formula is C31H38FN3O6S. The van der Waals surface area contributed by atoms with E-state index in [0.717, 1.165) is 16.1 Å². The molecule has 9 nitrogen and oxygen atoms in total. The SMILES string of the molecule is COc1ccc(N(CC(=O)N(Cc2ccc(F)cc2)[C@H](Cc2ccccc2)C(=O)NC(C)(C)C)S(C)(=O)=O)c(OC)c1. The summed E-state index contributed by atoms with van der Waals surface area (Å²) in [6.07, 6.45) is 1.16. The van der Waals surface area contributed by atoms with E-state index in [4.69, 9.17) is 9.47 Å². The fourth-order valence-corrected chi connectivity index (χ4v) is 5.23. The van der Waals surface area contributed by atoms with Gasteiger partial charge in [0.1, 0.15) is 29.9 Å². The van der Waals surface area contributed by atoms with Crippen molar-refractivity contribution in [3.63, 3.8) is 0 Å². The van der Waals surface area contributed by atoms with E-state index >= 15 is 0 Å². The fraction of sp³-hybridized carbons (Fsp3) is 0.355. The third-order valence-electron chi connectivity index (χ3n) is 6.37. The molecular weight excluding hydrogens is 561 g/mol. The van der Waals surface area contributed by atoms with Gasteiger partial charge in [-0.1, -0.05) is 42.5 Å². The second kappa shape index (κ2) is 13.7. The van der Waals surface area contributed by atoms with Crippen LogP contribution in [0.4, 0.5) is 10.1 Å². The van der Waals surface area contributed by atoms with E-state index < -0.39 is 45.8 Å². The van der Waals surface area contributed by atoms with Crippen LogP contribution in [-0.4, -0.2) is 63.7 Å². The summed E-state index contributed by atoms with van der Waals surface area (Å²) in [5, 5.41) is 2.96. The molecule has 0 saturated carbocycles. The maximum Gasteiger partial charge on any atom is 0.244 e. The van der Waals surface area contributed by atoms with E-state index in [1.807, 2.05) is 51.1 Å². The molecule has 42 heavy (non-hydrogen) atoms. The maximum atomic E-state index is 14.2. The summed E-state index contributed by atoms with van der Waals surface area (Å²) in [5.41, 5.74) is 0.903. The molecule has 0 unspecified atom stereocenters. The molecule has 3 aromatic carbocycles. The first-order valence-corrected chi connectivity index (χ1v) is 15.2. The third kappa shape index (κ3) is 8.94. The number of nitrogens with one attached hydrogen (secondary N) is 1. The number of carbonyl (C=O) groups is 2. The Kier molecular flexibility index (Phi) is 10.6. The van der Waals surface area contributed by atoms with Crippen LogP contribution in [0.5, 0.6) is 11.5 Å². The lowest BCUT2D eigenvalue weighted by Gasteiger charge is -2.35. The Labute approximate surface area is 247 Å². The van der Waals surface area contributed by atoms with Crippen LogP contribution >= 0.6 is 0 Å². The normalized spacial score (nSPS) is 12.3. The minimum atomic E-state index is -4.00. The summed E-state index contributed by atoms with van der Waals surface area (Å²) >= 11 is 0. The molecule has 1 atom stereocenters. The van der Waals surface area contributed by atoms with Crippen molar-refractivity contribution >= 4 is 27.5 Å². The number of anilines is 1. The molecule has 0 aliphatic carbocycles. The van der Waals surface area contributed by atoms with E-state index in [-0.39, 0.29) is 24.4 Å². The van der Waals surface area contributed by atoms with Crippen molar-refractivity contribution in [2.45, 2.75) is 45.3 Å². The van der Waals surface area contributed by atoms with E-state index in [2.05, 4.69) is 5.32 Å². The molecule has 2 amide bonds. The molecule has 0 bridgehead atoms. The number of amides is 2. The lowest BCUT2D eigenvalue weighted by Crippen LogP contribution is -2.56. The highest BCUT2D eigenvalue weighted by Crippen LogP contribution is 2.34. The second-order valence-corrected chi connectivity index (χ2v) is 12.8. The van der Waals surface area contributed by atoms with Gasteiger partial charge < -0.3 is 19.7 Å². The number of ether oxygens (including phenoxy) is 2. The number of hydrogen-bond acceptors (Lipinski definition) is 6. The summed E-state index contributed by atoms with van der Waals surface area (Å²) in [6, 6.07) is 18.4. The Hall–Kier alpha value is -4.12. The van der Waals surface area contributed by atoms with Gasteiger partial charge in [-0.25, -0.2) is 12.8 Å². The topological polar surface area (TPSA) is 105 Å². The summed E-state index contributed by atoms with van der Waals surface area (Å²) in [7, 11) is -1.15. The van der Waals surface area contributed by atoms with Gasteiger partial charge in [-0.2, -0.15) is 0 Å². The highest BCUT2D eigenvalue weighted by Gasteiger charge is 2.35. The summed E-state index contributed by atoms with van der Waals surface area (Å²) in [6.45, 7) is 4.82. The molecule has 3 aromatic rings. The standard InChI is InChI=1S/C31H38FN3O6S/c1-31(2,3)33-30(37)27(18-22-10-8-7-9-11-22)34(20-23-12-14-24(32)15-13-23)29(36)21-35(42(6,38)39)26-17-16-25(40-4)19-28(26)41-5/h7-17,19,27H,18,20-21H2,1-6H3,(H,33,37)/t27-/m1/s1. The fourth-order valence-electron chi connectivity index (χ4n) is 4.38. The molecule has 0 saturated heterocycles. The van der Waals surface area contributed by atoms with Crippen LogP contribution in [0.25, 0.3) is 0 Å². The van der Waals surface area contributed by atoms with Crippen molar-refractivity contribution in [1.29, 1.82) is 0 Å². The Balaban J connectivity index is 2.10. The molecule has 0 spiro atoms. The van der Waals surface area contributed by atoms with Gasteiger partial charge in [-0.05, 0) is 56.2 Å². The number of carbonyl (C=O) groups excluding carboxylic acids is 2. The smallest absolute Gasteiger partial charge is 0.244 e. The number of sulfonamides is 1. The highest BCUT2D eigenvalue weighted by molar-refractivity contribution is 7.92. The summed E-state index contributed by atoms with van der Waals surface area (Å²) in [5.74, 6) is -0.862. The predicted octanol–water partition coefficient (Wildman–Crippen LogP) is 4.16. The molecule has 0 aromatic heterocycles. The van der Waals surface area contributed by atoms with Crippen molar-refractivity contribution in [2.75, 3.05) is 31.3 Å². The van der Waals surface area contributed by atoms with Crippen LogP contribution in [0.15, 0.2) is 72.8 Å². The molecule has 1 N–H and O–H groups in total. The molecule has 0 fully saturated rings. The lowest BCUT2D eigenvalue weighted by atomic mass is 10.0. The van der Waals surface area contributed by atoms with Gasteiger partial charge in [0.25, 0.3) is 0 Å². The van der Waals surface area contributed by atoms with Gasteiger partial charge in [-0.15, -0.1) is 0 Å². The first-order valence-electron chi connectivity index (χ1n) is 13.3. The van der Waals surface area contributed by atoms with Crippen molar-refractivity contribution in [3.8, 4) is 11.5 Å². The number of nitrogens with zero attached hydrogens (tertiary/aromatic N) is 2. The number of benzene rings is 3. The Bertz CT molecular complexity index is 1470. The average molecular weight is 600 g/mol. The number of halogens is 1. The van der Waals surface area contributed by atoms with E-state index in [0.29, 0.717) is 11.3 Å². The molecule has 226 valence electrons. The van der Waals surface area contributed by atoms with Crippen LogP contribution in [0.1, 0.15) is 31.9 Å². The zero-order valence-corrected chi connectivity index (χ0v) is 25.6. The van der Waals surface area contributed by atoms with Crippen LogP contribution in [-0.2, 0) is 32.6 Å². The second-order valence-electron chi connectivity index (χ2n) is 10.9. The Morgan fingerprint density at radius 3 is 2.12 bits per heavy atom.